The molecule has 4 saturated carbocycles. The van der Waals surface area contributed by atoms with E-state index in [1.165, 1.54) is 0 Å². The van der Waals surface area contributed by atoms with E-state index in [4.69, 9.17) is 5.73 Å². The van der Waals surface area contributed by atoms with Gasteiger partial charge in [-0.25, -0.2) is 5.01 Å². The van der Waals surface area contributed by atoms with Gasteiger partial charge < -0.3 is 10.8 Å². The highest BCUT2D eigenvalue weighted by Crippen LogP contribution is 2.58. The van der Waals surface area contributed by atoms with Crippen molar-refractivity contribution >= 4 is 17.3 Å². The van der Waals surface area contributed by atoms with E-state index in [0.29, 0.717) is 17.8 Å². The molecule has 6 rings (SSSR count). The van der Waals surface area contributed by atoms with Crippen LogP contribution in [0.1, 0.15) is 46.0 Å². The summed E-state index contributed by atoms with van der Waals surface area (Å²) in [6.45, 7) is 3.98. The minimum atomic E-state index is -0.526. The average Bonchev–Trinajstić information content (AvgIpc) is 2.53. The summed E-state index contributed by atoms with van der Waals surface area (Å²) in [6, 6.07) is 8.02. The Morgan fingerprint density at radius 3 is 2.24 bits per heavy atom. The fourth-order valence-electron chi connectivity index (χ4n) is 6.37. The number of hydrogen-bond acceptors (Lipinski definition) is 4. The Balaban J connectivity index is 1.50. The summed E-state index contributed by atoms with van der Waals surface area (Å²) in [7, 11) is 0. The molecule has 4 aliphatic carbocycles. The van der Waals surface area contributed by atoms with Crippen LogP contribution in [0.5, 0.6) is 0 Å². The minimum Gasteiger partial charge on any atom is -0.399 e. The number of aliphatic hydroxyl groups is 1. The van der Waals surface area contributed by atoms with Crippen molar-refractivity contribution in [2.24, 2.45) is 17.8 Å². The lowest BCUT2D eigenvalue weighted by molar-refractivity contribution is -0.190. The summed E-state index contributed by atoms with van der Waals surface area (Å²) in [6.07, 6.45) is 4.98. The molecule has 5 heteroatoms. The number of nitrogens with two attached hydrogens (primary N) is 1. The number of nitrogens with zero attached hydrogens (tertiary/aromatic N) is 2. The molecular formula is C20H27N3O2. The molecule has 5 nitrogen and oxygen atoms in total. The third kappa shape index (κ3) is 2.02. The predicted molar refractivity (Wildman–Crippen MR) is 96.6 cm³/mol. The smallest absolute Gasteiger partial charge is 0.268 e. The van der Waals surface area contributed by atoms with E-state index in [2.05, 4.69) is 5.01 Å². The van der Waals surface area contributed by atoms with Crippen molar-refractivity contribution in [3.05, 3.63) is 24.3 Å². The summed E-state index contributed by atoms with van der Waals surface area (Å²) in [4.78, 5) is 13.0. The molecule has 1 aliphatic heterocycles. The van der Waals surface area contributed by atoms with Gasteiger partial charge in [-0.15, -0.1) is 0 Å². The van der Waals surface area contributed by atoms with E-state index in [0.717, 1.165) is 43.5 Å². The second-order valence-corrected chi connectivity index (χ2v) is 9.30. The second-order valence-electron chi connectivity index (χ2n) is 9.30. The third-order valence-corrected chi connectivity index (χ3v) is 7.09. The van der Waals surface area contributed by atoms with Gasteiger partial charge in [-0.3, -0.25) is 9.80 Å². The van der Waals surface area contributed by atoms with Crippen LogP contribution in [0, 0.1) is 17.8 Å². The maximum Gasteiger partial charge on any atom is 0.268 e. The summed E-state index contributed by atoms with van der Waals surface area (Å²) >= 11 is 0. The maximum absolute atomic E-state index is 13.0. The van der Waals surface area contributed by atoms with Crippen LogP contribution in [0.4, 0.5) is 11.4 Å². The maximum atomic E-state index is 13.0. The zero-order chi connectivity index (χ0) is 17.6. The Kier molecular flexibility index (Phi) is 2.91. The monoisotopic (exact) mass is 341 g/mol. The number of anilines is 2. The van der Waals surface area contributed by atoms with Crippen molar-refractivity contribution in [2.45, 2.75) is 63.1 Å². The van der Waals surface area contributed by atoms with Gasteiger partial charge in [0.05, 0.1) is 17.3 Å². The van der Waals surface area contributed by atoms with Gasteiger partial charge in [0.15, 0.2) is 0 Å². The van der Waals surface area contributed by atoms with E-state index in [1.54, 1.807) is 0 Å². The number of nitrogen functional groups attached to an aromatic ring is 1. The molecule has 25 heavy (non-hydrogen) atoms. The van der Waals surface area contributed by atoms with E-state index in [1.807, 2.05) is 43.1 Å². The lowest BCUT2D eigenvalue weighted by Crippen LogP contribution is -2.80. The number of carbonyl (C=O) groups excluding carboxylic acids is 1. The molecule has 134 valence electrons. The Bertz CT molecular complexity index is 713. The second kappa shape index (κ2) is 4.70. The van der Waals surface area contributed by atoms with Crippen LogP contribution in [0.3, 0.4) is 0 Å². The van der Waals surface area contributed by atoms with Crippen molar-refractivity contribution in [1.29, 1.82) is 0 Å². The van der Waals surface area contributed by atoms with Gasteiger partial charge in [-0.1, -0.05) is 0 Å². The topological polar surface area (TPSA) is 69.8 Å². The molecule has 5 fully saturated rings. The van der Waals surface area contributed by atoms with Crippen LogP contribution in [-0.4, -0.2) is 33.2 Å². The highest BCUT2D eigenvalue weighted by molar-refractivity contribution is 5.98. The Labute approximate surface area is 148 Å². The average molecular weight is 341 g/mol. The summed E-state index contributed by atoms with van der Waals surface area (Å²) < 4.78 is 0. The fraction of sp³-hybridized carbons (Fsp3) is 0.650. The zero-order valence-corrected chi connectivity index (χ0v) is 15.0. The highest BCUT2D eigenvalue weighted by Gasteiger charge is 2.63. The van der Waals surface area contributed by atoms with E-state index < -0.39 is 11.1 Å². The normalized spacial score (nSPS) is 41.2. The first kappa shape index (κ1) is 15.5. The van der Waals surface area contributed by atoms with Gasteiger partial charge in [0, 0.05) is 5.69 Å². The molecule has 1 amide bonds. The molecule has 4 bridgehead atoms. The molecule has 1 aromatic rings. The van der Waals surface area contributed by atoms with E-state index >= 15 is 0 Å². The van der Waals surface area contributed by atoms with Gasteiger partial charge in [-0.2, -0.15) is 0 Å². The zero-order valence-electron chi connectivity index (χ0n) is 15.0. The standard InChI is InChI=1S/C20H27N3O2/c1-19(2)18(24)22(23(19)16-5-3-15(21)4-6-16)17-13-7-12-8-14(17)11-20(25,9-12)10-13/h3-6,12-14,17,25H,7-11,21H2,1-2H3. The van der Waals surface area contributed by atoms with Crippen LogP contribution < -0.4 is 10.7 Å². The number of hydrogen-bond donors (Lipinski definition) is 2. The van der Waals surface area contributed by atoms with Crippen LogP contribution in [-0.2, 0) is 4.79 Å². The first-order chi connectivity index (χ1) is 11.8. The van der Waals surface area contributed by atoms with Crippen molar-refractivity contribution < 1.29 is 9.90 Å². The molecule has 1 saturated heterocycles. The minimum absolute atomic E-state index is 0.203. The van der Waals surface area contributed by atoms with Crippen LogP contribution in [0.2, 0.25) is 0 Å². The number of hydrazine groups is 1. The van der Waals surface area contributed by atoms with Gasteiger partial charge in [-0.05, 0) is 88.0 Å². The molecule has 5 aliphatic rings. The highest BCUT2D eigenvalue weighted by atomic mass is 16.3. The van der Waals surface area contributed by atoms with Gasteiger partial charge in [0.25, 0.3) is 5.91 Å². The van der Waals surface area contributed by atoms with Crippen LogP contribution in [0.25, 0.3) is 0 Å². The van der Waals surface area contributed by atoms with Crippen LogP contribution >= 0.6 is 0 Å². The van der Waals surface area contributed by atoms with Gasteiger partial charge >= 0.3 is 0 Å². The number of benzene rings is 1. The summed E-state index contributed by atoms with van der Waals surface area (Å²) in [5.74, 6) is 1.70. The first-order valence-corrected chi connectivity index (χ1v) is 9.50. The first-order valence-electron chi connectivity index (χ1n) is 9.50. The summed E-state index contributed by atoms with van der Waals surface area (Å²) in [5.41, 5.74) is 6.60. The number of amides is 1. The lowest BCUT2D eigenvalue weighted by Gasteiger charge is -2.67. The van der Waals surface area contributed by atoms with Crippen molar-refractivity contribution in [3.8, 4) is 0 Å². The SMILES string of the molecule is CC1(C)C(=O)N(C2C3CC4CC2CC(O)(C4)C3)N1c1ccc(N)cc1. The van der Waals surface area contributed by atoms with Crippen molar-refractivity contribution in [2.75, 3.05) is 10.7 Å². The molecule has 2 unspecified atom stereocenters. The Hall–Kier alpha value is -1.75. The lowest BCUT2D eigenvalue weighted by atomic mass is 9.52. The van der Waals surface area contributed by atoms with Crippen molar-refractivity contribution in [1.82, 2.24) is 5.01 Å². The molecule has 0 spiro atoms. The molecule has 2 atom stereocenters. The van der Waals surface area contributed by atoms with Crippen LogP contribution in [0.15, 0.2) is 24.3 Å². The van der Waals surface area contributed by atoms with E-state index in [9.17, 15) is 9.90 Å². The van der Waals surface area contributed by atoms with E-state index in [-0.39, 0.29) is 11.9 Å². The molecule has 1 aromatic carbocycles. The summed E-state index contributed by atoms with van der Waals surface area (Å²) in [5, 5.41) is 15.0. The quantitative estimate of drug-likeness (QED) is 0.811. The third-order valence-electron chi connectivity index (χ3n) is 7.09. The van der Waals surface area contributed by atoms with Gasteiger partial charge in [0.1, 0.15) is 5.54 Å². The molecule has 3 N–H and O–H groups in total. The Morgan fingerprint density at radius 1 is 1.08 bits per heavy atom. The molecular weight excluding hydrogens is 314 g/mol. The predicted octanol–water partition coefficient (Wildman–Crippen LogP) is 2.55. The van der Waals surface area contributed by atoms with Crippen molar-refractivity contribution in [3.63, 3.8) is 0 Å². The van der Waals surface area contributed by atoms with Gasteiger partial charge in [0.2, 0.25) is 0 Å². The largest absolute Gasteiger partial charge is 0.399 e. The molecule has 1 heterocycles. The number of carbonyl (C=O) groups is 1. The molecule has 0 aromatic heterocycles. The Morgan fingerprint density at radius 2 is 1.68 bits per heavy atom. The molecule has 0 radical (unpaired) electrons. The number of rotatable bonds is 2. The fourth-order valence-corrected chi connectivity index (χ4v) is 6.37.